The number of hydrogen-bond acceptors (Lipinski definition) is 5. The lowest BCUT2D eigenvalue weighted by Crippen LogP contribution is -2.31. The van der Waals surface area contributed by atoms with E-state index in [-0.39, 0.29) is 0 Å². The van der Waals surface area contributed by atoms with Crippen LogP contribution in [0.15, 0.2) is 40.4 Å². The number of carbonyl (C=O) groups is 1. The van der Waals surface area contributed by atoms with Gasteiger partial charge in [-0.15, -0.1) is 0 Å². The van der Waals surface area contributed by atoms with Crippen LogP contribution in [0.3, 0.4) is 0 Å². The van der Waals surface area contributed by atoms with Crippen LogP contribution in [0.1, 0.15) is 0 Å². The van der Waals surface area contributed by atoms with Gasteiger partial charge in [0.05, 0.1) is 20.8 Å². The molecular formula is C12H14N2O3. The van der Waals surface area contributed by atoms with Crippen molar-refractivity contribution in [3.8, 4) is 0 Å². The lowest BCUT2D eigenvalue weighted by Gasteiger charge is -2.27. The zero-order valence-electron chi connectivity index (χ0n) is 10.1. The molecule has 0 fully saturated rings. The van der Waals surface area contributed by atoms with Gasteiger partial charge in [0.1, 0.15) is 5.71 Å². The standard InChI is InChI=1S/C12H14N2O3/c1-14-7-8-5-4-6-13-9(8)11(16-2)10(14)12(15)17-3/h4-5,7H,6H2,1-3H3. The molecule has 0 unspecified atom stereocenters. The van der Waals surface area contributed by atoms with Gasteiger partial charge < -0.3 is 14.4 Å². The Kier molecular flexibility index (Phi) is 2.99. The maximum atomic E-state index is 11.7. The van der Waals surface area contributed by atoms with Gasteiger partial charge in [0, 0.05) is 18.8 Å². The Morgan fingerprint density at radius 3 is 2.88 bits per heavy atom. The summed E-state index contributed by atoms with van der Waals surface area (Å²) >= 11 is 0. The van der Waals surface area contributed by atoms with Crippen molar-refractivity contribution in [3.63, 3.8) is 0 Å². The molecule has 90 valence electrons. The van der Waals surface area contributed by atoms with Crippen molar-refractivity contribution < 1.29 is 14.3 Å². The molecule has 0 saturated heterocycles. The van der Waals surface area contributed by atoms with E-state index >= 15 is 0 Å². The summed E-state index contributed by atoms with van der Waals surface area (Å²) in [6.45, 7) is 0.595. The molecule has 2 rings (SSSR count). The Hall–Kier alpha value is -2.04. The topological polar surface area (TPSA) is 51.1 Å². The molecule has 0 radical (unpaired) electrons. The highest BCUT2D eigenvalue weighted by Crippen LogP contribution is 2.26. The number of nitrogens with zero attached hydrogens (tertiary/aromatic N) is 2. The fourth-order valence-electron chi connectivity index (χ4n) is 1.87. The SMILES string of the molecule is COC(=O)C1=C(OC)C2=NCC=CC2=CN1C. The van der Waals surface area contributed by atoms with Crippen molar-refractivity contribution in [3.05, 3.63) is 35.4 Å². The molecule has 17 heavy (non-hydrogen) atoms. The number of aliphatic imine (C=N–C) groups is 1. The predicted molar refractivity (Wildman–Crippen MR) is 63.3 cm³/mol. The normalized spacial score (nSPS) is 18.4. The number of allylic oxidation sites excluding steroid dienone is 2. The number of ether oxygens (including phenoxy) is 2. The van der Waals surface area contributed by atoms with Crippen LogP contribution in [0.2, 0.25) is 0 Å². The quantitative estimate of drug-likeness (QED) is 0.665. The van der Waals surface area contributed by atoms with Crippen LogP contribution in [-0.4, -0.2) is 44.4 Å². The lowest BCUT2D eigenvalue weighted by atomic mass is 10.0. The smallest absolute Gasteiger partial charge is 0.358 e. The van der Waals surface area contributed by atoms with Crippen molar-refractivity contribution in [2.75, 3.05) is 27.8 Å². The Balaban J connectivity index is 2.51. The van der Waals surface area contributed by atoms with Gasteiger partial charge in [-0.05, 0) is 0 Å². The molecule has 2 aliphatic heterocycles. The highest BCUT2D eigenvalue weighted by Gasteiger charge is 2.30. The van der Waals surface area contributed by atoms with Crippen LogP contribution in [0.25, 0.3) is 0 Å². The summed E-state index contributed by atoms with van der Waals surface area (Å²) in [4.78, 5) is 17.8. The molecule has 0 aliphatic carbocycles. The fourth-order valence-corrected chi connectivity index (χ4v) is 1.87. The third kappa shape index (κ3) is 1.84. The molecule has 5 heteroatoms. The Labute approximate surface area is 99.7 Å². The van der Waals surface area contributed by atoms with Crippen molar-refractivity contribution in [1.82, 2.24) is 4.90 Å². The average Bonchev–Trinajstić information content (AvgIpc) is 2.36. The largest absolute Gasteiger partial charge is 0.492 e. The second-order valence-corrected chi connectivity index (χ2v) is 3.66. The lowest BCUT2D eigenvalue weighted by molar-refractivity contribution is -0.137. The number of methoxy groups -OCH3 is 2. The molecule has 0 amide bonds. The number of carbonyl (C=O) groups excluding carboxylic acids is 1. The first kappa shape index (κ1) is 11.4. The van der Waals surface area contributed by atoms with Gasteiger partial charge in [0.25, 0.3) is 0 Å². The van der Waals surface area contributed by atoms with E-state index in [2.05, 4.69) is 4.99 Å². The van der Waals surface area contributed by atoms with Crippen LogP contribution < -0.4 is 0 Å². The van der Waals surface area contributed by atoms with Gasteiger partial charge in [0.2, 0.25) is 0 Å². The third-order valence-electron chi connectivity index (χ3n) is 2.62. The number of fused-ring (bicyclic) bond motifs is 1. The van der Waals surface area contributed by atoms with Crippen molar-refractivity contribution in [2.24, 2.45) is 4.99 Å². The van der Waals surface area contributed by atoms with E-state index in [0.29, 0.717) is 23.7 Å². The first-order chi connectivity index (χ1) is 8.19. The zero-order chi connectivity index (χ0) is 12.4. The van der Waals surface area contributed by atoms with Crippen molar-refractivity contribution >= 4 is 11.7 Å². The van der Waals surface area contributed by atoms with E-state index in [4.69, 9.17) is 9.47 Å². The van der Waals surface area contributed by atoms with E-state index in [9.17, 15) is 4.79 Å². The van der Waals surface area contributed by atoms with E-state index in [1.807, 2.05) is 18.4 Å². The van der Waals surface area contributed by atoms with Gasteiger partial charge >= 0.3 is 5.97 Å². The van der Waals surface area contributed by atoms with Crippen LogP contribution in [0.5, 0.6) is 0 Å². The van der Waals surface area contributed by atoms with Crippen molar-refractivity contribution in [2.45, 2.75) is 0 Å². The van der Waals surface area contributed by atoms with E-state index in [1.54, 1.807) is 11.9 Å². The molecule has 0 N–H and O–H groups in total. The summed E-state index contributed by atoms with van der Waals surface area (Å²) in [6, 6.07) is 0. The van der Waals surface area contributed by atoms with Crippen LogP contribution in [0.4, 0.5) is 0 Å². The van der Waals surface area contributed by atoms with Crippen LogP contribution in [-0.2, 0) is 14.3 Å². The molecule has 0 spiro atoms. The average molecular weight is 234 g/mol. The van der Waals surface area contributed by atoms with Gasteiger partial charge in [0.15, 0.2) is 11.5 Å². The predicted octanol–water partition coefficient (Wildman–Crippen LogP) is 0.857. The van der Waals surface area contributed by atoms with Crippen LogP contribution in [0, 0.1) is 0 Å². The Morgan fingerprint density at radius 1 is 1.47 bits per heavy atom. The van der Waals surface area contributed by atoms with Crippen molar-refractivity contribution in [1.29, 1.82) is 0 Å². The number of dihydropyridines is 1. The second kappa shape index (κ2) is 4.45. The zero-order valence-corrected chi connectivity index (χ0v) is 10.1. The third-order valence-corrected chi connectivity index (χ3v) is 2.62. The molecule has 0 bridgehead atoms. The summed E-state index contributed by atoms with van der Waals surface area (Å²) in [7, 11) is 4.64. The molecule has 0 atom stereocenters. The molecular weight excluding hydrogens is 220 g/mol. The minimum absolute atomic E-state index is 0.368. The number of esters is 1. The molecule has 0 aromatic rings. The van der Waals surface area contributed by atoms with Gasteiger partial charge in [-0.3, -0.25) is 4.99 Å². The minimum Gasteiger partial charge on any atom is -0.492 e. The molecule has 5 nitrogen and oxygen atoms in total. The number of rotatable bonds is 2. The molecule has 0 aromatic heterocycles. The van der Waals surface area contributed by atoms with Gasteiger partial charge in [-0.25, -0.2) is 4.79 Å². The number of hydrogen-bond donors (Lipinski definition) is 0. The second-order valence-electron chi connectivity index (χ2n) is 3.66. The Morgan fingerprint density at radius 2 is 2.24 bits per heavy atom. The minimum atomic E-state index is -0.433. The molecule has 2 aliphatic rings. The summed E-state index contributed by atoms with van der Waals surface area (Å²) in [5.41, 5.74) is 2.00. The van der Waals surface area contributed by atoms with Gasteiger partial charge in [-0.1, -0.05) is 12.2 Å². The summed E-state index contributed by atoms with van der Waals surface area (Å²) < 4.78 is 10.0. The van der Waals surface area contributed by atoms with Crippen LogP contribution >= 0.6 is 0 Å². The maximum absolute atomic E-state index is 11.7. The maximum Gasteiger partial charge on any atom is 0.358 e. The highest BCUT2D eigenvalue weighted by molar-refractivity contribution is 6.17. The first-order valence-electron chi connectivity index (χ1n) is 5.22. The van der Waals surface area contributed by atoms with Gasteiger partial charge in [-0.2, -0.15) is 0 Å². The summed E-state index contributed by atoms with van der Waals surface area (Å²) in [5, 5.41) is 0. The highest BCUT2D eigenvalue weighted by atomic mass is 16.5. The molecule has 0 aromatic carbocycles. The Bertz CT molecular complexity index is 472. The monoisotopic (exact) mass is 234 g/mol. The van der Waals surface area contributed by atoms with E-state index in [1.165, 1.54) is 14.2 Å². The fraction of sp³-hybridized carbons (Fsp3) is 0.333. The van der Waals surface area contributed by atoms with E-state index < -0.39 is 5.97 Å². The molecule has 2 heterocycles. The summed E-state index contributed by atoms with van der Waals surface area (Å²) in [5.74, 6) is 0.0260. The van der Waals surface area contributed by atoms with E-state index in [0.717, 1.165) is 5.57 Å². The number of likely N-dealkylation sites (N-methyl/N-ethyl adjacent to an activating group) is 1. The molecule has 0 saturated carbocycles. The first-order valence-corrected chi connectivity index (χ1v) is 5.22. The summed E-state index contributed by atoms with van der Waals surface area (Å²) in [6.07, 6.45) is 5.76.